The number of nitrogens with one attached hydrogen (secondary N) is 1. The van der Waals surface area contributed by atoms with Crippen LogP contribution in [-0.2, 0) is 22.6 Å². The van der Waals surface area contributed by atoms with Crippen molar-refractivity contribution in [2.45, 2.75) is 25.3 Å². The third-order valence-electron chi connectivity index (χ3n) is 4.17. The van der Waals surface area contributed by atoms with Crippen molar-refractivity contribution in [2.24, 2.45) is 0 Å². The predicted octanol–water partition coefficient (Wildman–Crippen LogP) is 3.44. The second-order valence-electron chi connectivity index (χ2n) is 5.77. The van der Waals surface area contributed by atoms with E-state index in [1.807, 2.05) is 18.2 Å². The van der Waals surface area contributed by atoms with Gasteiger partial charge in [0.2, 0.25) is 11.8 Å². The number of benzene rings is 1. The Morgan fingerprint density at radius 1 is 1.36 bits per heavy atom. The van der Waals surface area contributed by atoms with Gasteiger partial charge in [-0.3, -0.25) is 9.59 Å². The zero-order chi connectivity index (χ0) is 18.0. The van der Waals surface area contributed by atoms with Crippen LogP contribution in [0.4, 0.5) is 5.00 Å². The minimum Gasteiger partial charge on any atom is -0.337 e. The quantitative estimate of drug-likeness (QED) is 0.837. The van der Waals surface area contributed by atoms with Gasteiger partial charge in [0, 0.05) is 18.3 Å². The number of carbonyl (C=O) groups is 2. The van der Waals surface area contributed by atoms with E-state index >= 15 is 0 Å². The first-order valence-electron chi connectivity index (χ1n) is 7.81. The molecule has 2 heterocycles. The van der Waals surface area contributed by atoms with Gasteiger partial charge in [-0.15, -0.1) is 22.9 Å². The monoisotopic (exact) mass is 373 g/mol. The first-order chi connectivity index (χ1) is 12.0. The summed E-state index contributed by atoms with van der Waals surface area (Å²) in [5.41, 5.74) is 2.10. The zero-order valence-corrected chi connectivity index (χ0v) is 15.2. The Hall–Kier alpha value is -2.36. The van der Waals surface area contributed by atoms with Gasteiger partial charge in [0.25, 0.3) is 0 Å². The van der Waals surface area contributed by atoms with Crippen LogP contribution in [0.3, 0.4) is 0 Å². The molecule has 2 amide bonds. The summed E-state index contributed by atoms with van der Waals surface area (Å²) in [5, 5.41) is 12.0. The molecule has 0 fully saturated rings. The molecule has 1 aliphatic heterocycles. The predicted molar refractivity (Wildman–Crippen MR) is 97.5 cm³/mol. The van der Waals surface area contributed by atoms with Crippen molar-refractivity contribution in [3.05, 3.63) is 51.9 Å². The molecular formula is C18H16ClN3O2S. The van der Waals surface area contributed by atoms with Crippen LogP contribution < -0.4 is 5.32 Å². The molecule has 1 aliphatic rings. The van der Waals surface area contributed by atoms with Gasteiger partial charge in [0.05, 0.1) is 12.1 Å². The molecule has 5 nitrogen and oxygen atoms in total. The van der Waals surface area contributed by atoms with Gasteiger partial charge in [-0.25, -0.2) is 0 Å². The fourth-order valence-electron chi connectivity index (χ4n) is 2.83. The Morgan fingerprint density at radius 2 is 2.08 bits per heavy atom. The van der Waals surface area contributed by atoms with E-state index in [1.54, 1.807) is 17.0 Å². The second kappa shape index (κ2) is 7.26. The molecule has 0 bridgehead atoms. The number of fused-ring (bicyclic) bond motifs is 1. The lowest BCUT2D eigenvalue weighted by atomic mass is 10.0. The number of alkyl halides is 1. The first kappa shape index (κ1) is 17.5. The summed E-state index contributed by atoms with van der Waals surface area (Å²) in [4.78, 5) is 26.7. The van der Waals surface area contributed by atoms with Crippen molar-refractivity contribution in [3.63, 3.8) is 0 Å². The zero-order valence-electron chi connectivity index (χ0n) is 13.6. The Kier molecular flexibility index (Phi) is 5.07. The van der Waals surface area contributed by atoms with E-state index in [0.717, 1.165) is 10.4 Å². The summed E-state index contributed by atoms with van der Waals surface area (Å²) >= 11 is 7.59. The molecule has 0 spiro atoms. The molecule has 0 aliphatic carbocycles. The molecule has 1 aromatic heterocycles. The number of rotatable bonds is 3. The summed E-state index contributed by atoms with van der Waals surface area (Å²) < 4.78 is 0. The minimum absolute atomic E-state index is 0.00745. The molecule has 128 valence electrons. The standard InChI is InChI=1S/C18H16ClN3O2S/c1-11(23)22-8-7-13-14(9-20)18(25-15(13)10-22)21-17(24)16(19)12-5-3-2-4-6-12/h2-6,16H,7-8,10H2,1H3,(H,21,24). The summed E-state index contributed by atoms with van der Waals surface area (Å²) in [6.07, 6.45) is 0.618. The molecule has 0 saturated heterocycles. The third-order valence-corrected chi connectivity index (χ3v) is 5.76. The Bertz CT molecular complexity index is 857. The highest BCUT2D eigenvalue weighted by atomic mass is 35.5. The average molecular weight is 374 g/mol. The van der Waals surface area contributed by atoms with E-state index in [1.165, 1.54) is 18.3 Å². The number of amides is 2. The van der Waals surface area contributed by atoms with E-state index < -0.39 is 5.38 Å². The smallest absolute Gasteiger partial charge is 0.247 e. The van der Waals surface area contributed by atoms with E-state index in [-0.39, 0.29) is 11.8 Å². The summed E-state index contributed by atoms with van der Waals surface area (Å²) in [7, 11) is 0. The number of halogens is 1. The molecule has 1 unspecified atom stereocenters. The van der Waals surface area contributed by atoms with Gasteiger partial charge >= 0.3 is 0 Å². The molecular weight excluding hydrogens is 358 g/mol. The summed E-state index contributed by atoms with van der Waals surface area (Å²) in [6, 6.07) is 11.2. The SMILES string of the molecule is CC(=O)N1CCc2c(sc(NC(=O)C(Cl)c3ccccc3)c2C#N)C1. The lowest BCUT2D eigenvalue weighted by Gasteiger charge is -2.25. The van der Waals surface area contributed by atoms with E-state index in [9.17, 15) is 14.9 Å². The van der Waals surface area contributed by atoms with Crippen molar-refractivity contribution < 1.29 is 9.59 Å². The lowest BCUT2D eigenvalue weighted by molar-refractivity contribution is -0.129. The molecule has 7 heteroatoms. The van der Waals surface area contributed by atoms with E-state index in [2.05, 4.69) is 11.4 Å². The summed E-state index contributed by atoms with van der Waals surface area (Å²) in [5.74, 6) is -0.362. The highest BCUT2D eigenvalue weighted by Crippen LogP contribution is 2.37. The van der Waals surface area contributed by atoms with Gasteiger partial charge < -0.3 is 10.2 Å². The molecule has 0 radical (unpaired) electrons. The van der Waals surface area contributed by atoms with Crippen LogP contribution in [0.15, 0.2) is 30.3 Å². The maximum atomic E-state index is 12.5. The number of anilines is 1. The van der Waals surface area contributed by atoms with Gasteiger partial charge in [-0.1, -0.05) is 30.3 Å². The number of nitrogens with zero attached hydrogens (tertiary/aromatic N) is 2. The third kappa shape index (κ3) is 3.53. The maximum Gasteiger partial charge on any atom is 0.247 e. The molecule has 0 saturated carbocycles. The highest BCUT2D eigenvalue weighted by molar-refractivity contribution is 7.16. The van der Waals surface area contributed by atoms with E-state index in [0.29, 0.717) is 35.6 Å². The minimum atomic E-state index is -0.833. The van der Waals surface area contributed by atoms with Gasteiger partial charge in [0.1, 0.15) is 16.4 Å². The van der Waals surface area contributed by atoms with Crippen molar-refractivity contribution in [1.29, 1.82) is 5.26 Å². The topological polar surface area (TPSA) is 73.2 Å². The van der Waals surface area contributed by atoms with E-state index in [4.69, 9.17) is 11.6 Å². The normalized spacial score (nSPS) is 14.4. The van der Waals surface area contributed by atoms with Crippen molar-refractivity contribution >= 4 is 39.8 Å². The lowest BCUT2D eigenvalue weighted by Crippen LogP contribution is -2.33. The maximum absolute atomic E-state index is 12.5. The Balaban J connectivity index is 1.83. The number of carbonyl (C=O) groups excluding carboxylic acids is 2. The fourth-order valence-corrected chi connectivity index (χ4v) is 4.24. The van der Waals surface area contributed by atoms with Gasteiger partial charge in [-0.2, -0.15) is 5.26 Å². The number of hydrogen-bond acceptors (Lipinski definition) is 4. The van der Waals surface area contributed by atoms with Crippen molar-refractivity contribution in [3.8, 4) is 6.07 Å². The van der Waals surface area contributed by atoms with Crippen LogP contribution in [0.2, 0.25) is 0 Å². The molecule has 25 heavy (non-hydrogen) atoms. The second-order valence-corrected chi connectivity index (χ2v) is 7.31. The Labute approximate surface area is 154 Å². The van der Waals surface area contributed by atoms with Gasteiger partial charge in [0.15, 0.2) is 0 Å². The molecule has 1 atom stereocenters. The van der Waals surface area contributed by atoms with Crippen LogP contribution in [0, 0.1) is 11.3 Å². The Morgan fingerprint density at radius 3 is 2.72 bits per heavy atom. The molecule has 1 N–H and O–H groups in total. The first-order valence-corrected chi connectivity index (χ1v) is 9.06. The van der Waals surface area contributed by atoms with Crippen LogP contribution in [0.1, 0.15) is 33.9 Å². The summed E-state index contributed by atoms with van der Waals surface area (Å²) in [6.45, 7) is 2.59. The van der Waals surface area contributed by atoms with Gasteiger partial charge in [-0.05, 0) is 17.5 Å². The van der Waals surface area contributed by atoms with Crippen LogP contribution >= 0.6 is 22.9 Å². The molecule has 3 rings (SSSR count). The number of thiophene rings is 1. The van der Waals surface area contributed by atoms with Crippen LogP contribution in [0.5, 0.6) is 0 Å². The number of hydrogen-bond donors (Lipinski definition) is 1. The van der Waals surface area contributed by atoms with Crippen LogP contribution in [-0.4, -0.2) is 23.3 Å². The molecule has 1 aromatic carbocycles. The average Bonchev–Trinajstić information content (AvgIpc) is 2.97. The number of nitriles is 1. The fraction of sp³-hybridized carbons (Fsp3) is 0.278. The van der Waals surface area contributed by atoms with Crippen molar-refractivity contribution in [2.75, 3.05) is 11.9 Å². The van der Waals surface area contributed by atoms with Crippen molar-refractivity contribution in [1.82, 2.24) is 4.90 Å². The molecule has 2 aromatic rings. The largest absolute Gasteiger partial charge is 0.337 e. The van der Waals surface area contributed by atoms with Crippen LogP contribution in [0.25, 0.3) is 0 Å². The highest BCUT2D eigenvalue weighted by Gasteiger charge is 2.27.